The van der Waals surface area contributed by atoms with Gasteiger partial charge >= 0.3 is 0 Å². The number of aromatic nitrogens is 4. The molecule has 0 saturated heterocycles. The van der Waals surface area contributed by atoms with Crippen LogP contribution in [-0.4, -0.2) is 38.0 Å². The summed E-state index contributed by atoms with van der Waals surface area (Å²) in [6, 6.07) is 14.0. The number of benzene rings is 2. The lowest BCUT2D eigenvalue weighted by Gasteiger charge is -2.09. The van der Waals surface area contributed by atoms with Gasteiger partial charge in [-0.3, -0.25) is 4.79 Å². The number of nitrogens with zero attached hydrogens (tertiary/aromatic N) is 4. The highest BCUT2D eigenvalue weighted by molar-refractivity contribution is 7.99. The Balaban J connectivity index is 1.39. The van der Waals surface area contributed by atoms with Crippen LogP contribution in [0, 0.1) is 13.8 Å². The van der Waals surface area contributed by atoms with Crippen LogP contribution >= 0.6 is 23.1 Å². The number of thiazole rings is 1. The molecule has 0 bridgehead atoms. The molecule has 0 atom stereocenters. The van der Waals surface area contributed by atoms with Crippen molar-refractivity contribution in [3.63, 3.8) is 0 Å². The molecular formula is C24H25N5O2S2. The molecule has 0 saturated carbocycles. The SMILES string of the molecule is CCOc1ccccc1-c1nnc(SCC(=O)Nc2nc(-c3ccc(C)c(C)c3)cs2)n1C. The normalized spacial score (nSPS) is 10.9. The monoisotopic (exact) mass is 479 g/mol. The minimum atomic E-state index is -0.139. The quantitative estimate of drug-likeness (QED) is 0.343. The summed E-state index contributed by atoms with van der Waals surface area (Å²) in [5.41, 5.74) is 5.23. The lowest BCUT2D eigenvalue weighted by Crippen LogP contribution is -2.14. The molecule has 2 aromatic carbocycles. The van der Waals surface area contributed by atoms with Crippen molar-refractivity contribution in [2.75, 3.05) is 17.7 Å². The smallest absolute Gasteiger partial charge is 0.236 e. The number of carbonyl (C=O) groups excluding carboxylic acids is 1. The molecule has 0 aliphatic heterocycles. The van der Waals surface area contributed by atoms with E-state index in [1.807, 2.05) is 54.3 Å². The second-order valence-corrected chi connectivity index (χ2v) is 9.27. The topological polar surface area (TPSA) is 81.9 Å². The highest BCUT2D eigenvalue weighted by Gasteiger charge is 2.16. The number of carbonyl (C=O) groups is 1. The van der Waals surface area contributed by atoms with Crippen LogP contribution < -0.4 is 10.1 Å². The number of rotatable bonds is 8. The van der Waals surface area contributed by atoms with Gasteiger partial charge in [-0.25, -0.2) is 4.98 Å². The largest absolute Gasteiger partial charge is 0.493 e. The molecule has 2 aromatic heterocycles. The van der Waals surface area contributed by atoms with E-state index in [2.05, 4.69) is 46.5 Å². The van der Waals surface area contributed by atoms with Crippen LogP contribution in [0.4, 0.5) is 5.13 Å². The summed E-state index contributed by atoms with van der Waals surface area (Å²) in [6.07, 6.45) is 0. The van der Waals surface area contributed by atoms with Gasteiger partial charge in [0.25, 0.3) is 0 Å². The van der Waals surface area contributed by atoms with Gasteiger partial charge in [0.2, 0.25) is 5.91 Å². The van der Waals surface area contributed by atoms with E-state index in [-0.39, 0.29) is 11.7 Å². The molecule has 0 fully saturated rings. The number of ether oxygens (including phenoxy) is 1. The number of hydrogen-bond acceptors (Lipinski definition) is 7. The zero-order valence-corrected chi connectivity index (χ0v) is 20.6. The highest BCUT2D eigenvalue weighted by atomic mass is 32.2. The van der Waals surface area contributed by atoms with Crippen molar-refractivity contribution < 1.29 is 9.53 Å². The van der Waals surface area contributed by atoms with E-state index < -0.39 is 0 Å². The second-order valence-electron chi connectivity index (χ2n) is 7.47. The summed E-state index contributed by atoms with van der Waals surface area (Å²) >= 11 is 2.74. The molecule has 9 heteroatoms. The molecule has 0 unspecified atom stereocenters. The van der Waals surface area contributed by atoms with E-state index >= 15 is 0 Å². The molecule has 0 spiro atoms. The maximum atomic E-state index is 12.5. The third kappa shape index (κ3) is 5.26. The first-order valence-electron chi connectivity index (χ1n) is 10.5. The molecule has 0 radical (unpaired) electrons. The maximum Gasteiger partial charge on any atom is 0.236 e. The van der Waals surface area contributed by atoms with Gasteiger partial charge < -0.3 is 14.6 Å². The average molecular weight is 480 g/mol. The van der Waals surface area contributed by atoms with Gasteiger partial charge in [-0.15, -0.1) is 21.5 Å². The first-order valence-corrected chi connectivity index (χ1v) is 12.4. The molecule has 2 heterocycles. The number of nitrogens with one attached hydrogen (secondary N) is 1. The second kappa shape index (κ2) is 10.2. The Labute approximate surface area is 201 Å². The third-order valence-electron chi connectivity index (χ3n) is 5.15. The zero-order valence-electron chi connectivity index (χ0n) is 19.0. The molecule has 7 nitrogen and oxygen atoms in total. The minimum absolute atomic E-state index is 0.139. The predicted molar refractivity (Wildman–Crippen MR) is 134 cm³/mol. The Morgan fingerprint density at radius 2 is 1.97 bits per heavy atom. The molecule has 0 aliphatic rings. The molecule has 4 aromatic rings. The lowest BCUT2D eigenvalue weighted by molar-refractivity contribution is -0.113. The van der Waals surface area contributed by atoms with Gasteiger partial charge in [0.05, 0.1) is 23.6 Å². The van der Waals surface area contributed by atoms with Crippen molar-refractivity contribution in [2.45, 2.75) is 25.9 Å². The van der Waals surface area contributed by atoms with Crippen molar-refractivity contribution in [1.29, 1.82) is 0 Å². The van der Waals surface area contributed by atoms with Gasteiger partial charge in [-0.2, -0.15) is 0 Å². The van der Waals surface area contributed by atoms with E-state index in [9.17, 15) is 4.79 Å². The summed E-state index contributed by atoms with van der Waals surface area (Å²) in [7, 11) is 1.88. The van der Waals surface area contributed by atoms with Gasteiger partial charge in [0.1, 0.15) is 5.75 Å². The molecule has 0 aliphatic carbocycles. The Kier molecular flexibility index (Phi) is 7.10. The summed E-state index contributed by atoms with van der Waals surface area (Å²) in [4.78, 5) is 17.1. The molecule has 170 valence electrons. The van der Waals surface area contributed by atoms with E-state index in [4.69, 9.17) is 4.74 Å². The summed E-state index contributed by atoms with van der Waals surface area (Å²) in [5, 5.41) is 14.6. The molecular weight excluding hydrogens is 454 g/mol. The lowest BCUT2D eigenvalue weighted by atomic mass is 10.1. The Bertz CT molecular complexity index is 1280. The molecule has 4 rings (SSSR count). The first-order chi connectivity index (χ1) is 16.0. The summed E-state index contributed by atoms with van der Waals surface area (Å²) in [5.74, 6) is 1.52. The van der Waals surface area contributed by atoms with Gasteiger partial charge in [-0.05, 0) is 50.1 Å². The van der Waals surface area contributed by atoms with Gasteiger partial charge in [-0.1, -0.05) is 36.0 Å². The number of anilines is 1. The third-order valence-corrected chi connectivity index (χ3v) is 6.93. The fourth-order valence-electron chi connectivity index (χ4n) is 3.26. The van der Waals surface area contributed by atoms with Crippen LogP contribution in [0.3, 0.4) is 0 Å². The van der Waals surface area contributed by atoms with Crippen LogP contribution in [0.2, 0.25) is 0 Å². The number of para-hydroxylation sites is 1. The number of aryl methyl sites for hydroxylation is 2. The van der Waals surface area contributed by atoms with Gasteiger partial charge in [0.15, 0.2) is 16.1 Å². The fourth-order valence-corrected chi connectivity index (χ4v) is 4.70. The van der Waals surface area contributed by atoms with E-state index in [0.29, 0.717) is 22.7 Å². The van der Waals surface area contributed by atoms with Crippen LogP contribution in [0.25, 0.3) is 22.6 Å². The van der Waals surface area contributed by atoms with Crippen molar-refractivity contribution in [3.8, 4) is 28.4 Å². The van der Waals surface area contributed by atoms with E-state index in [1.165, 1.54) is 34.2 Å². The van der Waals surface area contributed by atoms with Crippen molar-refractivity contribution in [2.24, 2.45) is 7.05 Å². The van der Waals surface area contributed by atoms with Crippen LogP contribution in [0.5, 0.6) is 5.75 Å². The Morgan fingerprint density at radius 1 is 1.15 bits per heavy atom. The van der Waals surface area contributed by atoms with Crippen LogP contribution in [0.1, 0.15) is 18.1 Å². The highest BCUT2D eigenvalue weighted by Crippen LogP contribution is 2.31. The van der Waals surface area contributed by atoms with E-state index in [1.54, 1.807) is 0 Å². The number of amides is 1. The fraction of sp³-hybridized carbons (Fsp3) is 0.250. The van der Waals surface area contributed by atoms with Crippen molar-refractivity contribution in [3.05, 3.63) is 59.0 Å². The van der Waals surface area contributed by atoms with E-state index in [0.717, 1.165) is 22.6 Å². The average Bonchev–Trinajstić information content (AvgIpc) is 3.41. The number of thioether (sulfide) groups is 1. The van der Waals surface area contributed by atoms with Gasteiger partial charge in [0, 0.05) is 18.0 Å². The Morgan fingerprint density at radius 3 is 2.76 bits per heavy atom. The van der Waals surface area contributed by atoms with Crippen LogP contribution in [-0.2, 0) is 11.8 Å². The van der Waals surface area contributed by atoms with Crippen molar-refractivity contribution >= 4 is 34.1 Å². The Hall–Kier alpha value is -3.17. The standard InChI is InChI=1S/C24H25N5O2S2/c1-5-31-20-9-7-6-8-18(20)22-27-28-24(29(22)4)33-14-21(30)26-23-25-19(13-32-23)17-11-10-15(2)16(3)12-17/h6-13H,5,14H2,1-4H3,(H,25,26,30). The first kappa shape index (κ1) is 23.0. The van der Waals surface area contributed by atoms with Crippen LogP contribution in [0.15, 0.2) is 53.0 Å². The molecule has 1 amide bonds. The molecule has 33 heavy (non-hydrogen) atoms. The summed E-state index contributed by atoms with van der Waals surface area (Å²) in [6.45, 7) is 6.68. The maximum absolute atomic E-state index is 12.5. The number of hydrogen-bond donors (Lipinski definition) is 1. The zero-order chi connectivity index (χ0) is 23.4. The minimum Gasteiger partial charge on any atom is -0.493 e. The molecule has 1 N–H and O–H groups in total. The van der Waals surface area contributed by atoms with Crippen molar-refractivity contribution in [1.82, 2.24) is 19.7 Å². The summed E-state index contributed by atoms with van der Waals surface area (Å²) < 4.78 is 7.58. The predicted octanol–water partition coefficient (Wildman–Crippen LogP) is 5.35.